The number of carbonyl (C=O) groups is 1. The molecule has 3 aliphatic heterocycles. The molecule has 13 nitrogen and oxygen atoms in total. The molecule has 5 aliphatic rings. The fourth-order valence-corrected chi connectivity index (χ4v) is 9.34. The maximum Gasteiger partial charge on any atom is 0.410 e. The Morgan fingerprint density at radius 3 is 2.53 bits per heavy atom. The van der Waals surface area contributed by atoms with Gasteiger partial charge in [-0.2, -0.15) is 0 Å². The molecule has 6 unspecified atom stereocenters. The first-order valence-electron chi connectivity index (χ1n) is 21.6. The van der Waals surface area contributed by atoms with Crippen LogP contribution < -0.4 is 18.9 Å². The van der Waals surface area contributed by atoms with Gasteiger partial charge < -0.3 is 43.5 Å². The molecule has 328 valence electrons. The van der Waals surface area contributed by atoms with E-state index in [9.17, 15) is 15.0 Å². The lowest BCUT2D eigenvalue weighted by atomic mass is 9.55. The van der Waals surface area contributed by atoms with Gasteiger partial charge in [-0.15, -0.1) is 18.2 Å². The van der Waals surface area contributed by atoms with Crippen molar-refractivity contribution in [3.05, 3.63) is 71.8 Å². The van der Waals surface area contributed by atoms with Crippen LogP contribution >= 0.6 is 11.6 Å². The topological polar surface area (TPSA) is 141 Å². The van der Waals surface area contributed by atoms with Crippen molar-refractivity contribution < 1.29 is 48.3 Å². The van der Waals surface area contributed by atoms with Gasteiger partial charge in [0.15, 0.2) is 11.5 Å². The zero-order valence-corrected chi connectivity index (χ0v) is 36.1. The van der Waals surface area contributed by atoms with Crippen LogP contribution in [0.4, 0.5) is 4.79 Å². The van der Waals surface area contributed by atoms with Gasteiger partial charge in [0.25, 0.3) is 0 Å². The van der Waals surface area contributed by atoms with E-state index in [0.29, 0.717) is 42.4 Å². The zero-order valence-electron chi connectivity index (χ0n) is 35.3. The van der Waals surface area contributed by atoms with Gasteiger partial charge in [-0.05, 0) is 99.8 Å². The molecule has 6 atom stereocenters. The minimum absolute atomic E-state index is 0.00320. The molecule has 0 spiro atoms. The minimum atomic E-state index is -1.46. The van der Waals surface area contributed by atoms with E-state index in [2.05, 4.69) is 23.6 Å². The fraction of sp³-hybridized carbons (Fsp3) is 0.609. The van der Waals surface area contributed by atoms with Gasteiger partial charge in [0, 0.05) is 57.3 Å². The first kappa shape index (κ1) is 44.1. The van der Waals surface area contributed by atoms with Crippen molar-refractivity contribution >= 4 is 23.4 Å². The van der Waals surface area contributed by atoms with Crippen molar-refractivity contribution in [3.8, 4) is 23.0 Å². The Morgan fingerprint density at radius 1 is 1.03 bits per heavy atom. The summed E-state index contributed by atoms with van der Waals surface area (Å²) < 4.78 is 38.1. The number of halogens is 1. The molecule has 1 saturated carbocycles. The van der Waals surface area contributed by atoms with Gasteiger partial charge >= 0.3 is 6.09 Å². The maximum atomic E-state index is 14.6. The number of fused-ring (bicyclic) bond motifs is 3. The van der Waals surface area contributed by atoms with Crippen LogP contribution in [-0.4, -0.2) is 115 Å². The molecule has 1 saturated heterocycles. The summed E-state index contributed by atoms with van der Waals surface area (Å²) in [7, 11) is 0. The van der Waals surface area contributed by atoms with E-state index >= 15 is 0 Å². The first-order chi connectivity index (χ1) is 29.1. The summed E-state index contributed by atoms with van der Waals surface area (Å²) in [5.74, 6) is 0.784. The van der Waals surface area contributed by atoms with Crippen molar-refractivity contribution in [1.82, 2.24) is 9.80 Å². The number of hydrogen-bond acceptors (Lipinski definition) is 12. The van der Waals surface area contributed by atoms with Gasteiger partial charge in [-0.3, -0.25) is 9.80 Å². The quantitative estimate of drug-likeness (QED) is 0.0427. The third-order valence-corrected chi connectivity index (χ3v) is 12.1. The van der Waals surface area contributed by atoms with Gasteiger partial charge in [0.1, 0.15) is 36.4 Å². The van der Waals surface area contributed by atoms with Crippen LogP contribution in [0.3, 0.4) is 0 Å². The SMILES string of the molecule is C=CCOC12Oc3ccc(OCCN4CC4)cc3C3C(CCCCO)C(CCCCO)C=C(C(=NOC(C)(C)C)CC1N(Cc1ccc4c(c1)OCO4)C(=O)OCCCl)C32. The van der Waals surface area contributed by atoms with Crippen LogP contribution in [0.5, 0.6) is 23.0 Å². The summed E-state index contributed by atoms with van der Waals surface area (Å²) in [6, 6.07) is 10.9. The molecule has 2 aromatic carbocycles. The lowest BCUT2D eigenvalue weighted by Gasteiger charge is -2.60. The number of aliphatic hydroxyl groups is 2. The average Bonchev–Trinajstić information content (AvgIpc) is 3.94. The van der Waals surface area contributed by atoms with E-state index in [1.54, 1.807) is 11.0 Å². The molecule has 0 aromatic heterocycles. The summed E-state index contributed by atoms with van der Waals surface area (Å²) >= 11 is 6.11. The number of allylic oxidation sites excluding steroid dienone is 1. The Bertz CT molecular complexity index is 1860. The number of oxime groups is 1. The molecule has 7 rings (SSSR count). The second-order valence-electron chi connectivity index (χ2n) is 17.3. The first-order valence-corrected chi connectivity index (χ1v) is 22.1. The van der Waals surface area contributed by atoms with E-state index in [0.717, 1.165) is 67.8 Å². The van der Waals surface area contributed by atoms with E-state index in [4.69, 9.17) is 50.0 Å². The van der Waals surface area contributed by atoms with Crippen LogP contribution in [0.25, 0.3) is 0 Å². The highest BCUT2D eigenvalue weighted by Crippen LogP contribution is 2.62. The number of amides is 1. The van der Waals surface area contributed by atoms with Gasteiger partial charge in [-0.25, -0.2) is 4.79 Å². The Labute approximate surface area is 359 Å². The van der Waals surface area contributed by atoms with Crippen LogP contribution in [0, 0.1) is 17.8 Å². The van der Waals surface area contributed by atoms with Crippen LogP contribution in [0.2, 0.25) is 0 Å². The Hall–Kier alpha value is -4.01. The Kier molecular flexibility index (Phi) is 14.5. The number of carbonyl (C=O) groups excluding carboxylic acids is 1. The van der Waals surface area contributed by atoms with Crippen LogP contribution in [-0.2, 0) is 20.9 Å². The van der Waals surface area contributed by atoms with Crippen molar-refractivity contribution in [3.63, 3.8) is 0 Å². The number of ether oxygens (including phenoxy) is 6. The Morgan fingerprint density at radius 2 is 1.80 bits per heavy atom. The van der Waals surface area contributed by atoms with E-state index in [1.165, 1.54) is 0 Å². The zero-order chi connectivity index (χ0) is 42.3. The van der Waals surface area contributed by atoms with Crippen LogP contribution in [0.1, 0.15) is 82.8 Å². The standard InChI is InChI=1S/C46H62ClN3O10/c1-5-22-58-46-41(50(44(53)55-23-16-47)29-31-12-14-39-40(25-31)57-30-56-39)28-37(48-60-45(2,3)4)35-26-32(10-6-8-20-51)34(11-7-9-21-52)42(43(35)46)36-27-33(13-15-38(36)59-46)54-24-19-49-17-18-49/h5,12-15,25-27,32,34,41-43,51-52H,1,6-11,16-24,28-30H2,2-4H3. The fourth-order valence-electron chi connectivity index (χ4n) is 9.26. The second-order valence-corrected chi connectivity index (χ2v) is 17.7. The maximum absolute atomic E-state index is 14.6. The monoisotopic (exact) mass is 851 g/mol. The van der Waals surface area contributed by atoms with Crippen molar-refractivity contribution in [2.75, 3.05) is 65.3 Å². The second kappa shape index (κ2) is 19.8. The molecule has 0 radical (unpaired) electrons. The highest BCUT2D eigenvalue weighted by atomic mass is 35.5. The van der Waals surface area contributed by atoms with E-state index in [1.807, 2.05) is 51.1 Å². The summed E-state index contributed by atoms with van der Waals surface area (Å²) in [6.07, 6.45) is 8.34. The van der Waals surface area contributed by atoms with Gasteiger partial charge in [-0.1, -0.05) is 36.2 Å². The smallest absolute Gasteiger partial charge is 0.410 e. The van der Waals surface area contributed by atoms with Crippen molar-refractivity contribution in [1.29, 1.82) is 0 Å². The number of nitrogens with zero attached hydrogens (tertiary/aromatic N) is 3. The number of alkyl halides is 1. The van der Waals surface area contributed by atoms with E-state index in [-0.39, 0.29) is 69.8 Å². The molecule has 0 bridgehead atoms. The summed E-state index contributed by atoms with van der Waals surface area (Å²) in [4.78, 5) is 24.9. The molecular weight excluding hydrogens is 790 g/mol. The number of unbranched alkanes of at least 4 members (excludes halogenated alkanes) is 2. The predicted molar refractivity (Wildman–Crippen MR) is 228 cm³/mol. The van der Waals surface area contributed by atoms with Crippen molar-refractivity contribution in [2.24, 2.45) is 22.9 Å². The molecule has 3 heterocycles. The molecule has 2 N–H and O–H groups in total. The number of benzene rings is 2. The predicted octanol–water partition coefficient (Wildman–Crippen LogP) is 7.42. The molecule has 14 heteroatoms. The molecule has 2 aliphatic carbocycles. The lowest BCUT2D eigenvalue weighted by Crippen LogP contribution is -2.70. The normalized spacial score (nSPS) is 25.7. The number of hydrogen-bond donors (Lipinski definition) is 2. The Balaban J connectivity index is 1.43. The molecule has 60 heavy (non-hydrogen) atoms. The average molecular weight is 852 g/mol. The highest BCUT2D eigenvalue weighted by molar-refractivity contribution is 6.18. The number of rotatable bonds is 21. The third kappa shape index (κ3) is 10.0. The molecular formula is C46H62ClN3O10. The van der Waals surface area contributed by atoms with E-state index < -0.39 is 29.4 Å². The molecule has 2 fully saturated rings. The highest BCUT2D eigenvalue weighted by Gasteiger charge is 2.65. The summed E-state index contributed by atoms with van der Waals surface area (Å²) in [5, 5.41) is 24.8. The summed E-state index contributed by atoms with van der Waals surface area (Å²) in [6.45, 7) is 14.1. The number of aliphatic hydroxyl groups excluding tert-OH is 2. The van der Waals surface area contributed by atoms with Crippen molar-refractivity contribution in [2.45, 2.75) is 95.6 Å². The third-order valence-electron chi connectivity index (χ3n) is 12.0. The largest absolute Gasteiger partial charge is 0.492 e. The molecule has 2 aromatic rings. The van der Waals surface area contributed by atoms with Gasteiger partial charge in [0.2, 0.25) is 12.6 Å². The lowest BCUT2D eigenvalue weighted by molar-refractivity contribution is -0.256. The van der Waals surface area contributed by atoms with Crippen LogP contribution in [0.15, 0.2) is 65.9 Å². The minimum Gasteiger partial charge on any atom is -0.492 e. The summed E-state index contributed by atoms with van der Waals surface area (Å²) in [5.41, 5.74) is 2.83. The van der Waals surface area contributed by atoms with Gasteiger partial charge in [0.05, 0.1) is 24.1 Å². The molecule has 1 amide bonds.